The summed E-state index contributed by atoms with van der Waals surface area (Å²) in [5.74, 6) is 0. The van der Waals surface area contributed by atoms with Gasteiger partial charge in [0.25, 0.3) is 0 Å². The van der Waals surface area contributed by atoms with Crippen LogP contribution in [0.2, 0.25) is 0 Å². The Hall–Kier alpha value is -0.570. The second-order valence-electron chi connectivity index (χ2n) is 2.56. The molecule has 0 aliphatic carbocycles. The first kappa shape index (κ1) is 8.43. The van der Waals surface area contributed by atoms with Crippen LogP contribution in [-0.4, -0.2) is 23.5 Å². The van der Waals surface area contributed by atoms with Crippen molar-refractivity contribution in [2.75, 3.05) is 7.05 Å². The number of oxime groups is 1. The standard InChI is InChI=1S/C6H14N2O/c1-5(8-9)6(2,3)7-4/h7,9H,1-4H3. The molecule has 0 aromatic rings. The largest absolute Gasteiger partial charge is 0.411 e. The van der Waals surface area contributed by atoms with Gasteiger partial charge in [-0.05, 0) is 27.8 Å². The Labute approximate surface area is 55.8 Å². The molecule has 2 N–H and O–H groups in total. The van der Waals surface area contributed by atoms with Crippen molar-refractivity contribution in [2.24, 2.45) is 5.16 Å². The quantitative estimate of drug-likeness (QED) is 0.330. The van der Waals surface area contributed by atoms with E-state index in [-0.39, 0.29) is 5.54 Å². The Kier molecular flexibility index (Phi) is 2.65. The van der Waals surface area contributed by atoms with Crippen LogP contribution in [0.5, 0.6) is 0 Å². The highest BCUT2D eigenvalue weighted by Crippen LogP contribution is 2.02. The van der Waals surface area contributed by atoms with Gasteiger partial charge in [-0.3, -0.25) is 0 Å². The Morgan fingerprint density at radius 1 is 1.56 bits per heavy atom. The Morgan fingerprint density at radius 2 is 2.00 bits per heavy atom. The third-order valence-electron chi connectivity index (χ3n) is 1.68. The molecule has 0 radical (unpaired) electrons. The molecule has 0 rings (SSSR count). The number of nitrogens with one attached hydrogen (secondary N) is 1. The summed E-state index contributed by atoms with van der Waals surface area (Å²) in [4.78, 5) is 0. The van der Waals surface area contributed by atoms with E-state index >= 15 is 0 Å². The minimum absolute atomic E-state index is 0.200. The lowest BCUT2D eigenvalue weighted by molar-refractivity contribution is 0.311. The Balaban J connectivity index is 4.14. The van der Waals surface area contributed by atoms with Crippen molar-refractivity contribution in [1.82, 2.24) is 5.32 Å². The zero-order valence-electron chi connectivity index (χ0n) is 6.39. The molecular weight excluding hydrogens is 116 g/mol. The van der Waals surface area contributed by atoms with Crippen LogP contribution in [0.15, 0.2) is 5.16 Å². The summed E-state index contributed by atoms with van der Waals surface area (Å²) in [6.45, 7) is 5.67. The smallest absolute Gasteiger partial charge is 0.0734 e. The molecule has 0 saturated carbocycles. The van der Waals surface area contributed by atoms with Crippen molar-refractivity contribution in [3.05, 3.63) is 0 Å². The average Bonchev–Trinajstić information content (AvgIpc) is 1.86. The van der Waals surface area contributed by atoms with Crippen molar-refractivity contribution in [2.45, 2.75) is 26.3 Å². The molecule has 0 amide bonds. The summed E-state index contributed by atoms with van der Waals surface area (Å²) in [5, 5.41) is 14.4. The minimum Gasteiger partial charge on any atom is -0.411 e. The fourth-order valence-electron chi connectivity index (χ4n) is 0.306. The summed E-state index contributed by atoms with van der Waals surface area (Å²) in [6, 6.07) is 0. The molecule has 0 unspecified atom stereocenters. The van der Waals surface area contributed by atoms with E-state index in [4.69, 9.17) is 5.21 Å². The first-order valence-electron chi connectivity index (χ1n) is 2.92. The molecule has 0 heterocycles. The van der Waals surface area contributed by atoms with Gasteiger partial charge >= 0.3 is 0 Å². The monoisotopic (exact) mass is 130 g/mol. The topological polar surface area (TPSA) is 44.6 Å². The zero-order valence-corrected chi connectivity index (χ0v) is 6.39. The van der Waals surface area contributed by atoms with E-state index in [1.807, 2.05) is 20.9 Å². The lowest BCUT2D eigenvalue weighted by Gasteiger charge is -2.21. The van der Waals surface area contributed by atoms with Crippen LogP contribution in [0.3, 0.4) is 0 Å². The molecule has 0 aromatic carbocycles. The van der Waals surface area contributed by atoms with Gasteiger partial charge in [0.1, 0.15) is 0 Å². The van der Waals surface area contributed by atoms with Gasteiger partial charge < -0.3 is 10.5 Å². The van der Waals surface area contributed by atoms with E-state index < -0.39 is 0 Å². The minimum atomic E-state index is -0.200. The van der Waals surface area contributed by atoms with Crippen molar-refractivity contribution in [3.63, 3.8) is 0 Å². The lowest BCUT2D eigenvalue weighted by Crippen LogP contribution is -2.43. The molecule has 9 heavy (non-hydrogen) atoms. The van der Waals surface area contributed by atoms with Crippen LogP contribution in [0.4, 0.5) is 0 Å². The van der Waals surface area contributed by atoms with Crippen molar-refractivity contribution >= 4 is 5.71 Å². The van der Waals surface area contributed by atoms with Gasteiger partial charge in [-0.2, -0.15) is 0 Å². The maximum absolute atomic E-state index is 8.35. The van der Waals surface area contributed by atoms with Crippen LogP contribution in [0.25, 0.3) is 0 Å². The number of nitrogens with zero attached hydrogens (tertiary/aromatic N) is 1. The Morgan fingerprint density at radius 3 is 2.11 bits per heavy atom. The van der Waals surface area contributed by atoms with Gasteiger partial charge in [-0.15, -0.1) is 0 Å². The molecular formula is C6H14N2O. The van der Waals surface area contributed by atoms with E-state index in [0.29, 0.717) is 5.71 Å². The predicted molar refractivity (Wildman–Crippen MR) is 38.0 cm³/mol. The predicted octanol–water partition coefficient (Wildman–Crippen LogP) is 0.834. The molecule has 0 aromatic heterocycles. The summed E-state index contributed by atoms with van der Waals surface area (Å²) in [6.07, 6.45) is 0. The summed E-state index contributed by atoms with van der Waals surface area (Å²) >= 11 is 0. The van der Waals surface area contributed by atoms with Gasteiger partial charge in [-0.1, -0.05) is 5.16 Å². The fraction of sp³-hybridized carbons (Fsp3) is 0.833. The van der Waals surface area contributed by atoms with E-state index in [2.05, 4.69) is 10.5 Å². The molecule has 3 nitrogen and oxygen atoms in total. The number of hydrogen-bond acceptors (Lipinski definition) is 3. The molecule has 3 heteroatoms. The van der Waals surface area contributed by atoms with Gasteiger partial charge in [0.05, 0.1) is 11.3 Å². The highest BCUT2D eigenvalue weighted by atomic mass is 16.4. The van der Waals surface area contributed by atoms with Crippen molar-refractivity contribution < 1.29 is 5.21 Å². The molecule has 0 atom stereocenters. The van der Waals surface area contributed by atoms with Crippen LogP contribution in [0.1, 0.15) is 20.8 Å². The van der Waals surface area contributed by atoms with E-state index in [9.17, 15) is 0 Å². The van der Waals surface area contributed by atoms with Crippen molar-refractivity contribution in [3.8, 4) is 0 Å². The lowest BCUT2D eigenvalue weighted by atomic mass is 10.0. The highest BCUT2D eigenvalue weighted by molar-refractivity contribution is 5.90. The maximum Gasteiger partial charge on any atom is 0.0734 e. The number of rotatable bonds is 2. The first-order valence-corrected chi connectivity index (χ1v) is 2.92. The highest BCUT2D eigenvalue weighted by Gasteiger charge is 2.18. The number of hydrogen-bond donors (Lipinski definition) is 2. The zero-order chi connectivity index (χ0) is 7.49. The molecule has 0 aliphatic heterocycles. The van der Waals surface area contributed by atoms with Gasteiger partial charge in [0.15, 0.2) is 0 Å². The van der Waals surface area contributed by atoms with Gasteiger partial charge in [0.2, 0.25) is 0 Å². The summed E-state index contributed by atoms with van der Waals surface area (Å²) in [5.41, 5.74) is 0.486. The van der Waals surface area contributed by atoms with Crippen LogP contribution in [-0.2, 0) is 0 Å². The molecule has 0 bridgehead atoms. The summed E-state index contributed by atoms with van der Waals surface area (Å²) in [7, 11) is 1.83. The molecule has 0 fully saturated rings. The van der Waals surface area contributed by atoms with Crippen molar-refractivity contribution in [1.29, 1.82) is 0 Å². The Bertz CT molecular complexity index is 118. The van der Waals surface area contributed by atoms with Gasteiger partial charge in [0, 0.05) is 0 Å². The van der Waals surface area contributed by atoms with Crippen LogP contribution < -0.4 is 5.32 Å². The third-order valence-corrected chi connectivity index (χ3v) is 1.68. The maximum atomic E-state index is 8.35. The molecule has 0 saturated heterocycles. The normalized spacial score (nSPS) is 14.0. The summed E-state index contributed by atoms with van der Waals surface area (Å²) < 4.78 is 0. The van der Waals surface area contributed by atoms with E-state index in [0.717, 1.165) is 0 Å². The second kappa shape index (κ2) is 2.82. The third kappa shape index (κ3) is 2.01. The second-order valence-corrected chi connectivity index (χ2v) is 2.56. The molecule has 0 spiro atoms. The van der Waals surface area contributed by atoms with Gasteiger partial charge in [-0.25, -0.2) is 0 Å². The average molecular weight is 130 g/mol. The van der Waals surface area contributed by atoms with E-state index in [1.165, 1.54) is 0 Å². The molecule has 0 aliphatic rings. The fourth-order valence-corrected chi connectivity index (χ4v) is 0.306. The van der Waals surface area contributed by atoms with E-state index in [1.54, 1.807) is 6.92 Å². The van der Waals surface area contributed by atoms with Crippen LogP contribution >= 0.6 is 0 Å². The van der Waals surface area contributed by atoms with Crippen LogP contribution in [0, 0.1) is 0 Å². The SMILES string of the molecule is CNC(C)(C)C(C)=NO. The first-order chi connectivity index (χ1) is 4.04. The molecule has 54 valence electrons.